The van der Waals surface area contributed by atoms with Gasteiger partial charge in [-0.25, -0.2) is 4.98 Å². The van der Waals surface area contributed by atoms with Crippen LogP contribution in [0.25, 0.3) is 0 Å². The van der Waals surface area contributed by atoms with Gasteiger partial charge in [-0.1, -0.05) is 19.9 Å². The van der Waals surface area contributed by atoms with E-state index >= 15 is 0 Å². The summed E-state index contributed by atoms with van der Waals surface area (Å²) in [7, 11) is 0. The number of rotatable bonds is 7. The van der Waals surface area contributed by atoms with Crippen molar-refractivity contribution >= 4 is 5.82 Å². The number of nitrogens with zero attached hydrogens (tertiary/aromatic N) is 2. The van der Waals surface area contributed by atoms with E-state index in [9.17, 15) is 0 Å². The molecule has 1 aromatic rings. The molecule has 3 heteroatoms. The Morgan fingerprint density at radius 1 is 1.22 bits per heavy atom. The zero-order valence-corrected chi connectivity index (χ0v) is 12.2. The minimum atomic E-state index is 0.245. The lowest BCUT2D eigenvalue weighted by atomic mass is 10.1. The van der Waals surface area contributed by atoms with E-state index in [1.54, 1.807) is 0 Å². The number of aromatic nitrogens is 1. The number of hydrogen-bond acceptors (Lipinski definition) is 3. The Bertz CT molecular complexity index is 334. The SMILES string of the molecule is CCC(N)Cc1ccc(N(CC)C(C)CC)nc1. The lowest BCUT2D eigenvalue weighted by molar-refractivity contribution is 0.621. The molecular weight excluding hydrogens is 222 g/mol. The fourth-order valence-corrected chi connectivity index (χ4v) is 2.07. The summed E-state index contributed by atoms with van der Waals surface area (Å²) in [5.41, 5.74) is 7.19. The molecule has 1 aromatic heterocycles. The maximum Gasteiger partial charge on any atom is 0.128 e. The minimum absolute atomic E-state index is 0.245. The fourth-order valence-electron chi connectivity index (χ4n) is 2.07. The summed E-state index contributed by atoms with van der Waals surface area (Å²) in [4.78, 5) is 6.91. The Hall–Kier alpha value is -1.09. The fraction of sp³-hybridized carbons (Fsp3) is 0.667. The van der Waals surface area contributed by atoms with Gasteiger partial charge in [-0.15, -0.1) is 0 Å². The van der Waals surface area contributed by atoms with Gasteiger partial charge in [0, 0.05) is 24.8 Å². The number of nitrogens with two attached hydrogens (primary N) is 1. The highest BCUT2D eigenvalue weighted by atomic mass is 15.2. The first kappa shape index (κ1) is 15.0. The molecule has 0 aliphatic rings. The van der Waals surface area contributed by atoms with Crippen LogP contribution >= 0.6 is 0 Å². The van der Waals surface area contributed by atoms with E-state index in [0.717, 1.165) is 31.6 Å². The molecule has 0 spiro atoms. The molecule has 2 atom stereocenters. The standard InChI is InChI=1S/C15H27N3/c1-5-12(4)18(7-3)15-9-8-13(11-17-15)10-14(16)6-2/h8-9,11-12,14H,5-7,10,16H2,1-4H3. The molecule has 0 saturated heterocycles. The summed E-state index contributed by atoms with van der Waals surface area (Å²) in [6, 6.07) is 5.05. The maximum absolute atomic E-state index is 5.96. The molecule has 0 radical (unpaired) electrons. The lowest BCUT2D eigenvalue weighted by Gasteiger charge is -2.28. The average molecular weight is 249 g/mol. The van der Waals surface area contributed by atoms with Gasteiger partial charge >= 0.3 is 0 Å². The predicted molar refractivity (Wildman–Crippen MR) is 79.0 cm³/mol. The van der Waals surface area contributed by atoms with Crippen LogP contribution in [0.5, 0.6) is 0 Å². The second-order valence-electron chi connectivity index (χ2n) is 4.94. The van der Waals surface area contributed by atoms with Crippen molar-refractivity contribution in [2.45, 2.75) is 59.0 Å². The van der Waals surface area contributed by atoms with E-state index in [1.165, 1.54) is 5.56 Å². The van der Waals surface area contributed by atoms with Gasteiger partial charge in [0.1, 0.15) is 5.82 Å². The van der Waals surface area contributed by atoms with Gasteiger partial charge in [-0.2, -0.15) is 0 Å². The quantitative estimate of drug-likeness (QED) is 0.807. The molecule has 0 fully saturated rings. The molecule has 0 saturated carbocycles. The van der Waals surface area contributed by atoms with Crippen molar-refractivity contribution in [1.29, 1.82) is 0 Å². The van der Waals surface area contributed by atoms with Crippen molar-refractivity contribution in [1.82, 2.24) is 4.98 Å². The number of anilines is 1. The third kappa shape index (κ3) is 3.98. The summed E-state index contributed by atoms with van der Waals surface area (Å²) in [6.45, 7) is 9.74. The summed E-state index contributed by atoms with van der Waals surface area (Å²) in [6.07, 6.45) is 5.03. The van der Waals surface area contributed by atoms with Crippen molar-refractivity contribution < 1.29 is 0 Å². The molecule has 0 aromatic carbocycles. The van der Waals surface area contributed by atoms with Crippen LogP contribution in [0.4, 0.5) is 5.82 Å². The molecule has 2 N–H and O–H groups in total. The van der Waals surface area contributed by atoms with Gasteiger partial charge in [-0.05, 0) is 44.7 Å². The van der Waals surface area contributed by atoms with Crippen LogP contribution in [-0.4, -0.2) is 23.6 Å². The molecule has 2 unspecified atom stereocenters. The van der Waals surface area contributed by atoms with Crippen molar-refractivity contribution in [3.8, 4) is 0 Å². The van der Waals surface area contributed by atoms with Crippen LogP contribution in [0.2, 0.25) is 0 Å². The molecule has 1 rings (SSSR count). The van der Waals surface area contributed by atoms with E-state index in [1.807, 2.05) is 6.20 Å². The van der Waals surface area contributed by atoms with Gasteiger partial charge in [-0.3, -0.25) is 0 Å². The normalized spacial score (nSPS) is 14.3. The summed E-state index contributed by atoms with van der Waals surface area (Å²) < 4.78 is 0. The van der Waals surface area contributed by atoms with Gasteiger partial charge in [0.2, 0.25) is 0 Å². The lowest BCUT2D eigenvalue weighted by Crippen LogP contribution is -2.33. The molecule has 1 heterocycles. The van der Waals surface area contributed by atoms with Crippen molar-refractivity contribution in [2.75, 3.05) is 11.4 Å². The minimum Gasteiger partial charge on any atom is -0.354 e. The van der Waals surface area contributed by atoms with Crippen molar-refractivity contribution in [3.05, 3.63) is 23.9 Å². The Morgan fingerprint density at radius 3 is 2.39 bits per heavy atom. The zero-order valence-electron chi connectivity index (χ0n) is 12.2. The molecule has 0 amide bonds. The first-order chi connectivity index (χ1) is 8.62. The second-order valence-corrected chi connectivity index (χ2v) is 4.94. The van der Waals surface area contributed by atoms with Crippen molar-refractivity contribution in [3.63, 3.8) is 0 Å². The third-order valence-corrected chi connectivity index (χ3v) is 3.59. The van der Waals surface area contributed by atoms with Gasteiger partial charge in [0.05, 0.1) is 0 Å². The van der Waals surface area contributed by atoms with Crippen LogP contribution in [-0.2, 0) is 6.42 Å². The zero-order chi connectivity index (χ0) is 13.5. The molecule has 0 bridgehead atoms. The van der Waals surface area contributed by atoms with Gasteiger partial charge in [0.15, 0.2) is 0 Å². The van der Waals surface area contributed by atoms with Crippen LogP contribution < -0.4 is 10.6 Å². The first-order valence-corrected chi connectivity index (χ1v) is 7.09. The van der Waals surface area contributed by atoms with Crippen LogP contribution in [0.3, 0.4) is 0 Å². The van der Waals surface area contributed by atoms with Crippen molar-refractivity contribution in [2.24, 2.45) is 5.73 Å². The highest BCUT2D eigenvalue weighted by Gasteiger charge is 2.12. The average Bonchev–Trinajstić information content (AvgIpc) is 2.41. The Morgan fingerprint density at radius 2 is 1.94 bits per heavy atom. The summed E-state index contributed by atoms with van der Waals surface area (Å²) in [5.74, 6) is 1.07. The largest absolute Gasteiger partial charge is 0.354 e. The van der Waals surface area contributed by atoms with E-state index < -0.39 is 0 Å². The van der Waals surface area contributed by atoms with E-state index in [4.69, 9.17) is 5.73 Å². The predicted octanol–water partition coefficient (Wildman–Crippen LogP) is 2.99. The molecule has 0 aliphatic carbocycles. The Balaban J connectivity index is 2.74. The summed E-state index contributed by atoms with van der Waals surface area (Å²) in [5, 5.41) is 0. The monoisotopic (exact) mass is 249 g/mol. The van der Waals surface area contributed by atoms with Crippen LogP contribution in [0, 0.1) is 0 Å². The molecule has 0 aliphatic heterocycles. The van der Waals surface area contributed by atoms with Gasteiger partial charge < -0.3 is 10.6 Å². The van der Waals surface area contributed by atoms with E-state index in [-0.39, 0.29) is 6.04 Å². The first-order valence-electron chi connectivity index (χ1n) is 7.09. The highest BCUT2D eigenvalue weighted by Crippen LogP contribution is 2.16. The number of hydrogen-bond donors (Lipinski definition) is 1. The highest BCUT2D eigenvalue weighted by molar-refractivity contribution is 5.40. The van der Waals surface area contributed by atoms with Crippen LogP contribution in [0.1, 0.15) is 46.1 Å². The Labute approximate surface area is 111 Å². The van der Waals surface area contributed by atoms with Gasteiger partial charge in [0.25, 0.3) is 0 Å². The van der Waals surface area contributed by atoms with Crippen LogP contribution in [0.15, 0.2) is 18.3 Å². The van der Waals surface area contributed by atoms with E-state index in [2.05, 4.69) is 49.7 Å². The smallest absolute Gasteiger partial charge is 0.128 e. The van der Waals surface area contributed by atoms with E-state index in [0.29, 0.717) is 6.04 Å². The topological polar surface area (TPSA) is 42.1 Å². The Kier molecular flexibility index (Phi) is 6.13. The molecule has 18 heavy (non-hydrogen) atoms. The molecule has 3 nitrogen and oxygen atoms in total. The third-order valence-electron chi connectivity index (χ3n) is 3.59. The maximum atomic E-state index is 5.96. The second kappa shape index (κ2) is 7.37. The molecular formula is C15H27N3. The number of pyridine rings is 1. The summed E-state index contributed by atoms with van der Waals surface area (Å²) >= 11 is 0. The molecule has 102 valence electrons.